The zero-order chi connectivity index (χ0) is 23.2. The number of fused-ring (bicyclic) bond motifs is 1. The number of nitrogens with one attached hydrogen (secondary N) is 1. The summed E-state index contributed by atoms with van der Waals surface area (Å²) in [7, 11) is -5.93. The summed E-state index contributed by atoms with van der Waals surface area (Å²) in [6, 6.07) is 9.24. The van der Waals surface area contributed by atoms with E-state index in [1.807, 2.05) is 0 Å². The van der Waals surface area contributed by atoms with Gasteiger partial charge in [0.25, 0.3) is 0 Å². The largest absolute Gasteiger partial charge is 0.534 e. The second-order valence-electron chi connectivity index (χ2n) is 7.87. The number of carbonyl (C=O) groups excluding carboxylic acids is 1. The first-order chi connectivity index (χ1) is 14.2. The summed E-state index contributed by atoms with van der Waals surface area (Å²) < 4.78 is 72.3. The van der Waals surface area contributed by atoms with Crippen LogP contribution in [0.5, 0.6) is 5.75 Å². The lowest BCUT2D eigenvalue weighted by Crippen LogP contribution is -2.28. The van der Waals surface area contributed by atoms with E-state index < -0.39 is 32.9 Å². The minimum Gasteiger partial charge on any atom is -0.455 e. The van der Waals surface area contributed by atoms with E-state index in [0.29, 0.717) is 16.3 Å². The van der Waals surface area contributed by atoms with Gasteiger partial charge in [0.05, 0.1) is 0 Å². The van der Waals surface area contributed by atoms with Gasteiger partial charge in [0.2, 0.25) is 0 Å². The number of aryl methyl sites for hydroxylation is 1. The number of rotatable bonds is 4. The Morgan fingerprint density at radius 3 is 2.26 bits per heavy atom. The van der Waals surface area contributed by atoms with E-state index in [1.165, 1.54) is 12.3 Å². The van der Waals surface area contributed by atoms with E-state index in [4.69, 9.17) is 4.74 Å². The highest BCUT2D eigenvalue weighted by atomic mass is 32.2. The lowest BCUT2D eigenvalue weighted by atomic mass is 9.95. The van der Waals surface area contributed by atoms with Crippen LogP contribution in [0.25, 0.3) is 21.9 Å². The number of ether oxygens (including phenoxy) is 1. The minimum absolute atomic E-state index is 0.0296. The summed E-state index contributed by atoms with van der Waals surface area (Å²) in [6.45, 7) is 6.64. The topological polar surface area (TPSA) is 85.5 Å². The summed E-state index contributed by atoms with van der Waals surface area (Å²) in [5.41, 5.74) is -5.75. The number of hydrogen-bond acceptors (Lipinski definition) is 5. The highest BCUT2D eigenvalue weighted by molar-refractivity contribution is 7.88. The first kappa shape index (κ1) is 22.7. The summed E-state index contributed by atoms with van der Waals surface area (Å²) >= 11 is 0. The maximum atomic E-state index is 13.0. The van der Waals surface area contributed by atoms with Gasteiger partial charge in [0.1, 0.15) is 11.3 Å². The number of halogens is 3. The summed E-state index contributed by atoms with van der Waals surface area (Å²) in [5.74, 6) is -1.29. The van der Waals surface area contributed by atoms with E-state index >= 15 is 0 Å². The molecule has 1 aromatic heterocycles. The molecule has 0 aliphatic heterocycles. The summed E-state index contributed by atoms with van der Waals surface area (Å²) in [6.07, 6.45) is 1.48. The third-order valence-electron chi connectivity index (χ3n) is 4.30. The third-order valence-corrected chi connectivity index (χ3v) is 5.27. The van der Waals surface area contributed by atoms with Crippen LogP contribution in [0.15, 0.2) is 42.6 Å². The maximum absolute atomic E-state index is 13.0. The molecule has 10 heteroatoms. The Bertz CT molecular complexity index is 1250. The van der Waals surface area contributed by atoms with Gasteiger partial charge in [0, 0.05) is 17.3 Å². The molecule has 0 amide bonds. The van der Waals surface area contributed by atoms with E-state index in [0.717, 1.165) is 6.07 Å². The van der Waals surface area contributed by atoms with E-state index in [-0.39, 0.29) is 16.8 Å². The molecule has 0 unspecified atom stereocenters. The first-order valence-corrected chi connectivity index (χ1v) is 10.6. The second kappa shape index (κ2) is 7.60. The predicted octanol–water partition coefficient (Wildman–Crippen LogP) is 5.33. The Morgan fingerprint density at radius 2 is 1.65 bits per heavy atom. The lowest BCUT2D eigenvalue weighted by Gasteiger charge is -2.20. The highest BCUT2D eigenvalue weighted by Gasteiger charge is 2.49. The zero-order valence-corrected chi connectivity index (χ0v) is 17.9. The van der Waals surface area contributed by atoms with Crippen molar-refractivity contribution in [3.05, 3.63) is 53.9 Å². The molecule has 0 fully saturated rings. The lowest BCUT2D eigenvalue weighted by molar-refractivity contribution is -0.0500. The number of hydrogen-bond donors (Lipinski definition) is 1. The molecule has 1 heterocycles. The molecule has 2 aromatic carbocycles. The Morgan fingerprint density at radius 1 is 1.00 bits per heavy atom. The minimum atomic E-state index is -5.93. The molecule has 0 spiro atoms. The van der Waals surface area contributed by atoms with Crippen LogP contribution < -0.4 is 4.18 Å². The molecular formula is C21H20F3NO5S. The quantitative estimate of drug-likeness (QED) is 0.327. The molecular weight excluding hydrogens is 435 g/mol. The number of alkyl halides is 3. The van der Waals surface area contributed by atoms with Gasteiger partial charge in [-0.2, -0.15) is 21.6 Å². The van der Waals surface area contributed by atoms with Gasteiger partial charge in [-0.25, -0.2) is 4.79 Å². The van der Waals surface area contributed by atoms with Gasteiger partial charge in [-0.05, 0) is 50.1 Å². The van der Waals surface area contributed by atoms with Crippen molar-refractivity contribution in [3.63, 3.8) is 0 Å². The van der Waals surface area contributed by atoms with Crippen LogP contribution in [0.3, 0.4) is 0 Å². The van der Waals surface area contributed by atoms with E-state index in [2.05, 4.69) is 9.17 Å². The first-order valence-electron chi connectivity index (χ1n) is 9.15. The molecule has 0 radical (unpaired) electrons. The van der Waals surface area contributed by atoms with Crippen molar-refractivity contribution < 1.29 is 35.3 Å². The average molecular weight is 455 g/mol. The fraction of sp³-hybridized carbons (Fsp3) is 0.286. The van der Waals surface area contributed by atoms with E-state index in [1.54, 1.807) is 52.0 Å². The highest BCUT2D eigenvalue weighted by Crippen LogP contribution is 2.42. The van der Waals surface area contributed by atoms with Gasteiger partial charge in [-0.3, -0.25) is 0 Å². The Kier molecular flexibility index (Phi) is 5.56. The molecule has 1 N–H and O–H groups in total. The monoisotopic (exact) mass is 455 g/mol. The smallest absolute Gasteiger partial charge is 0.455 e. The van der Waals surface area contributed by atoms with Crippen molar-refractivity contribution >= 4 is 26.9 Å². The van der Waals surface area contributed by atoms with Crippen molar-refractivity contribution in [1.82, 2.24) is 4.98 Å². The predicted molar refractivity (Wildman–Crippen MR) is 109 cm³/mol. The van der Waals surface area contributed by atoms with Crippen LogP contribution in [0.1, 0.15) is 36.8 Å². The Hall–Kier alpha value is -3.01. The molecule has 0 saturated carbocycles. The SMILES string of the molecule is Cc1c[nH]c(C(=O)OC(C)(C)C)c1-c1c(OS(=O)(=O)C(F)(F)F)ccc2ccccc12. The molecule has 0 aliphatic carbocycles. The van der Waals surface area contributed by atoms with Gasteiger partial charge in [-0.1, -0.05) is 30.3 Å². The number of carbonyl (C=O) groups is 1. The van der Waals surface area contributed by atoms with Gasteiger partial charge < -0.3 is 13.9 Å². The molecule has 3 aromatic rings. The van der Waals surface area contributed by atoms with Crippen LogP contribution >= 0.6 is 0 Å². The Balaban J connectivity index is 2.30. The van der Waals surface area contributed by atoms with Crippen LogP contribution in [-0.4, -0.2) is 30.5 Å². The number of H-pyrrole nitrogens is 1. The molecule has 0 saturated heterocycles. The fourth-order valence-corrected chi connectivity index (χ4v) is 3.55. The van der Waals surface area contributed by atoms with E-state index in [9.17, 15) is 26.4 Å². The number of esters is 1. The fourth-order valence-electron chi connectivity index (χ4n) is 3.08. The number of aromatic nitrogens is 1. The standard InChI is InChI=1S/C21H20F3NO5S/c1-12-11-25-18(19(26)29-20(2,3)4)16(12)17-14-8-6-5-7-13(14)9-10-15(17)30-31(27,28)21(22,23)24/h5-11,25H,1-4H3. The van der Waals surface area contributed by atoms with Crippen molar-refractivity contribution in [3.8, 4) is 16.9 Å². The molecule has 31 heavy (non-hydrogen) atoms. The maximum Gasteiger partial charge on any atom is 0.534 e. The molecule has 3 rings (SSSR count). The van der Waals surface area contributed by atoms with Crippen molar-refractivity contribution in [2.45, 2.75) is 38.8 Å². The molecule has 166 valence electrons. The number of aromatic amines is 1. The van der Waals surface area contributed by atoms with Crippen LogP contribution in [0.4, 0.5) is 13.2 Å². The van der Waals surface area contributed by atoms with Gasteiger partial charge in [-0.15, -0.1) is 0 Å². The second-order valence-corrected chi connectivity index (χ2v) is 9.40. The zero-order valence-electron chi connectivity index (χ0n) is 17.1. The molecule has 0 bridgehead atoms. The molecule has 0 atom stereocenters. The van der Waals surface area contributed by atoms with Gasteiger partial charge in [0.15, 0.2) is 5.75 Å². The Labute approximate surface area is 177 Å². The summed E-state index contributed by atoms with van der Waals surface area (Å²) in [5, 5.41) is 1.02. The van der Waals surface area contributed by atoms with Crippen molar-refractivity contribution in [2.24, 2.45) is 0 Å². The molecule has 0 aliphatic rings. The van der Waals surface area contributed by atoms with Crippen LogP contribution in [0, 0.1) is 6.92 Å². The van der Waals surface area contributed by atoms with Gasteiger partial charge >= 0.3 is 21.6 Å². The molecule has 6 nitrogen and oxygen atoms in total. The van der Waals surface area contributed by atoms with Crippen molar-refractivity contribution in [1.29, 1.82) is 0 Å². The third kappa shape index (κ3) is 4.53. The average Bonchev–Trinajstić information content (AvgIpc) is 3.00. The normalized spacial score (nSPS) is 12.7. The van der Waals surface area contributed by atoms with Crippen molar-refractivity contribution in [2.75, 3.05) is 0 Å². The van der Waals surface area contributed by atoms with Crippen LogP contribution in [0.2, 0.25) is 0 Å². The number of benzene rings is 2. The van der Waals surface area contributed by atoms with Crippen LogP contribution in [-0.2, 0) is 14.9 Å². The summed E-state index contributed by atoms with van der Waals surface area (Å²) in [4.78, 5) is 15.5.